The number of aromatic amines is 1. The van der Waals surface area contributed by atoms with Gasteiger partial charge in [0.25, 0.3) is 0 Å². The number of imidazole rings is 2. The molecule has 5 nitrogen and oxygen atoms in total. The second-order valence-electron chi connectivity index (χ2n) is 4.48. The number of hydrogen-bond donors (Lipinski definition) is 2. The maximum absolute atomic E-state index is 6.15. The van der Waals surface area contributed by atoms with Gasteiger partial charge in [-0.2, -0.15) is 0 Å². The van der Waals surface area contributed by atoms with Crippen molar-refractivity contribution >= 4 is 29.2 Å². The molecule has 0 radical (unpaired) electrons. The normalized spacial score (nSPS) is 12.3. The number of hydrogen-bond acceptors (Lipinski definition) is 3. The molecular formula is C14H13Cl2N5. The largest absolute Gasteiger partial charge is 0.359 e. The lowest BCUT2D eigenvalue weighted by atomic mass is 10.0. The smallest absolute Gasteiger partial charge is 0.203 e. The summed E-state index contributed by atoms with van der Waals surface area (Å²) < 4.78 is 2.00. The molecule has 21 heavy (non-hydrogen) atoms. The molecule has 0 aliphatic rings. The van der Waals surface area contributed by atoms with E-state index in [1.165, 1.54) is 0 Å². The Labute approximate surface area is 131 Å². The molecule has 0 saturated carbocycles. The molecule has 0 aliphatic heterocycles. The molecule has 7 heteroatoms. The lowest BCUT2D eigenvalue weighted by Crippen LogP contribution is -2.14. The fourth-order valence-electron chi connectivity index (χ4n) is 2.29. The average Bonchev–Trinajstić information content (AvgIpc) is 3.15. The summed E-state index contributed by atoms with van der Waals surface area (Å²) in [6.07, 6.45) is 7.14. The number of anilines is 1. The van der Waals surface area contributed by atoms with Crippen LogP contribution in [0.5, 0.6) is 0 Å². The Hall–Kier alpha value is -1.98. The minimum absolute atomic E-state index is 0.143. The van der Waals surface area contributed by atoms with Crippen molar-refractivity contribution in [2.75, 3.05) is 12.4 Å². The second kappa shape index (κ2) is 5.79. The lowest BCUT2D eigenvalue weighted by molar-refractivity contribution is 0.668. The van der Waals surface area contributed by atoms with Gasteiger partial charge in [0.15, 0.2) is 0 Å². The first-order chi connectivity index (χ1) is 10.2. The van der Waals surface area contributed by atoms with Gasteiger partial charge in [0, 0.05) is 25.6 Å². The summed E-state index contributed by atoms with van der Waals surface area (Å²) in [5, 5.41) is 4.11. The fraction of sp³-hybridized carbons (Fsp3) is 0.143. The first-order valence-electron chi connectivity index (χ1n) is 6.35. The molecule has 1 atom stereocenters. The minimum Gasteiger partial charge on any atom is -0.359 e. The number of benzene rings is 1. The Morgan fingerprint density at radius 1 is 1.24 bits per heavy atom. The van der Waals surface area contributed by atoms with Crippen molar-refractivity contribution in [1.82, 2.24) is 19.5 Å². The molecule has 2 N–H and O–H groups in total. The maximum Gasteiger partial charge on any atom is 0.203 e. The number of halogens is 2. The van der Waals surface area contributed by atoms with Gasteiger partial charge in [-0.05, 0) is 17.7 Å². The van der Waals surface area contributed by atoms with Crippen molar-refractivity contribution in [2.24, 2.45) is 0 Å². The summed E-state index contributed by atoms with van der Waals surface area (Å²) in [5.74, 6) is 0.745. The molecule has 2 aromatic heterocycles. The molecule has 3 rings (SSSR count). The number of H-pyrrole nitrogens is 1. The van der Waals surface area contributed by atoms with Crippen LogP contribution in [0.2, 0.25) is 10.0 Å². The number of aromatic nitrogens is 4. The summed E-state index contributed by atoms with van der Waals surface area (Å²) >= 11 is 12.2. The van der Waals surface area contributed by atoms with Gasteiger partial charge in [0.1, 0.15) is 6.04 Å². The molecule has 0 spiro atoms. The Balaban J connectivity index is 2.15. The summed E-state index contributed by atoms with van der Waals surface area (Å²) in [4.78, 5) is 11.6. The molecule has 1 aromatic carbocycles. The number of nitrogens with one attached hydrogen (secondary N) is 2. The molecule has 108 valence electrons. The van der Waals surface area contributed by atoms with E-state index < -0.39 is 0 Å². The van der Waals surface area contributed by atoms with Crippen LogP contribution in [0.15, 0.2) is 43.1 Å². The SMILES string of the molecule is CNc1nccn1C(c1ccc(Cl)c(Cl)c1)c1c[nH]cn1. The average molecular weight is 322 g/mol. The Bertz CT molecular complexity index is 736. The number of nitrogens with zero attached hydrogens (tertiary/aromatic N) is 3. The molecule has 2 heterocycles. The Morgan fingerprint density at radius 3 is 2.76 bits per heavy atom. The summed E-state index contributed by atoms with van der Waals surface area (Å²) in [7, 11) is 1.83. The van der Waals surface area contributed by atoms with E-state index in [0.29, 0.717) is 10.0 Å². The molecule has 3 aromatic rings. The highest BCUT2D eigenvalue weighted by molar-refractivity contribution is 6.42. The first-order valence-corrected chi connectivity index (χ1v) is 7.10. The van der Waals surface area contributed by atoms with Gasteiger partial charge in [0.2, 0.25) is 5.95 Å². The molecule has 1 unspecified atom stereocenters. The third-order valence-electron chi connectivity index (χ3n) is 3.23. The predicted molar refractivity (Wildman–Crippen MR) is 84.1 cm³/mol. The summed E-state index contributed by atoms with van der Waals surface area (Å²) in [6.45, 7) is 0. The lowest BCUT2D eigenvalue weighted by Gasteiger charge is -2.20. The third-order valence-corrected chi connectivity index (χ3v) is 3.97. The van der Waals surface area contributed by atoms with Crippen molar-refractivity contribution in [3.63, 3.8) is 0 Å². The van der Waals surface area contributed by atoms with E-state index >= 15 is 0 Å². The van der Waals surface area contributed by atoms with E-state index in [2.05, 4.69) is 20.3 Å². The van der Waals surface area contributed by atoms with Gasteiger partial charge >= 0.3 is 0 Å². The standard InChI is InChI=1S/C14H13Cl2N5/c1-17-14-19-4-5-21(14)13(12-7-18-8-20-12)9-2-3-10(15)11(16)6-9/h2-8,13H,1H3,(H,17,19)(H,18,20). The van der Waals surface area contributed by atoms with Crippen molar-refractivity contribution in [1.29, 1.82) is 0 Å². The highest BCUT2D eigenvalue weighted by Crippen LogP contribution is 2.32. The van der Waals surface area contributed by atoms with Crippen LogP contribution in [0.1, 0.15) is 17.3 Å². The maximum atomic E-state index is 6.15. The zero-order valence-corrected chi connectivity index (χ0v) is 12.7. The van der Waals surface area contributed by atoms with Crippen LogP contribution in [0, 0.1) is 0 Å². The van der Waals surface area contributed by atoms with Crippen LogP contribution < -0.4 is 5.32 Å². The fourth-order valence-corrected chi connectivity index (χ4v) is 2.60. The van der Waals surface area contributed by atoms with E-state index in [1.54, 1.807) is 18.6 Å². The highest BCUT2D eigenvalue weighted by Gasteiger charge is 2.21. The van der Waals surface area contributed by atoms with E-state index in [9.17, 15) is 0 Å². The monoisotopic (exact) mass is 321 g/mol. The van der Waals surface area contributed by atoms with Crippen LogP contribution >= 0.6 is 23.2 Å². The Morgan fingerprint density at radius 2 is 2.10 bits per heavy atom. The van der Waals surface area contributed by atoms with Gasteiger partial charge in [-0.3, -0.25) is 0 Å². The Kier molecular flexibility index (Phi) is 3.86. The van der Waals surface area contributed by atoms with Crippen molar-refractivity contribution in [2.45, 2.75) is 6.04 Å². The van der Waals surface area contributed by atoms with E-state index in [-0.39, 0.29) is 6.04 Å². The van der Waals surface area contributed by atoms with E-state index in [0.717, 1.165) is 17.2 Å². The van der Waals surface area contributed by atoms with Gasteiger partial charge in [0.05, 0.1) is 22.1 Å². The van der Waals surface area contributed by atoms with Crippen molar-refractivity contribution in [3.05, 3.63) is 64.4 Å². The predicted octanol–water partition coefficient (Wildman–Crippen LogP) is 3.59. The zero-order valence-electron chi connectivity index (χ0n) is 11.2. The van der Waals surface area contributed by atoms with E-state index in [1.807, 2.05) is 36.1 Å². The van der Waals surface area contributed by atoms with Crippen LogP contribution in [0.25, 0.3) is 0 Å². The van der Waals surface area contributed by atoms with Crippen LogP contribution in [0.4, 0.5) is 5.95 Å². The molecule has 0 aliphatic carbocycles. The van der Waals surface area contributed by atoms with Crippen molar-refractivity contribution in [3.8, 4) is 0 Å². The quantitative estimate of drug-likeness (QED) is 0.772. The third kappa shape index (κ3) is 2.62. The summed E-state index contributed by atoms with van der Waals surface area (Å²) in [5.41, 5.74) is 1.84. The number of rotatable bonds is 4. The molecule has 0 fully saturated rings. The van der Waals surface area contributed by atoms with Gasteiger partial charge in [-0.25, -0.2) is 9.97 Å². The van der Waals surface area contributed by atoms with Crippen LogP contribution in [-0.4, -0.2) is 26.6 Å². The molecule has 0 amide bonds. The molecule has 0 saturated heterocycles. The zero-order chi connectivity index (χ0) is 14.8. The van der Waals surface area contributed by atoms with Gasteiger partial charge < -0.3 is 14.9 Å². The summed E-state index contributed by atoms with van der Waals surface area (Å²) in [6, 6.07) is 5.43. The highest BCUT2D eigenvalue weighted by atomic mass is 35.5. The van der Waals surface area contributed by atoms with Crippen LogP contribution in [-0.2, 0) is 0 Å². The second-order valence-corrected chi connectivity index (χ2v) is 5.29. The topological polar surface area (TPSA) is 58.5 Å². The van der Waals surface area contributed by atoms with Gasteiger partial charge in [-0.15, -0.1) is 0 Å². The van der Waals surface area contributed by atoms with Gasteiger partial charge in [-0.1, -0.05) is 29.3 Å². The minimum atomic E-state index is -0.143. The van der Waals surface area contributed by atoms with Crippen LogP contribution in [0.3, 0.4) is 0 Å². The van der Waals surface area contributed by atoms with Crippen molar-refractivity contribution < 1.29 is 0 Å². The molecular weight excluding hydrogens is 309 g/mol. The first kappa shape index (κ1) is 14.0. The molecule has 0 bridgehead atoms. The van der Waals surface area contributed by atoms with E-state index in [4.69, 9.17) is 23.2 Å².